The second-order valence-corrected chi connectivity index (χ2v) is 9.94. The molecule has 4 rings (SSSR count). The minimum Gasteiger partial charge on any atom is -0.472 e. The maximum absolute atomic E-state index is 12.6. The molecule has 0 radical (unpaired) electrons. The van der Waals surface area contributed by atoms with E-state index in [0.717, 1.165) is 17.1 Å². The van der Waals surface area contributed by atoms with Gasteiger partial charge in [0.25, 0.3) is 5.91 Å². The largest absolute Gasteiger partial charge is 0.472 e. The van der Waals surface area contributed by atoms with Gasteiger partial charge in [-0.25, -0.2) is 8.42 Å². The highest BCUT2D eigenvalue weighted by Gasteiger charge is 2.48. The lowest BCUT2D eigenvalue weighted by molar-refractivity contribution is 0.0918. The van der Waals surface area contributed by atoms with E-state index in [0.29, 0.717) is 31.6 Å². The summed E-state index contributed by atoms with van der Waals surface area (Å²) in [7, 11) is -3.15. The topological polar surface area (TPSA) is 92.8 Å². The van der Waals surface area contributed by atoms with E-state index < -0.39 is 15.1 Å². The summed E-state index contributed by atoms with van der Waals surface area (Å²) < 4.78 is 35.9. The number of amides is 1. The van der Waals surface area contributed by atoms with Gasteiger partial charge < -0.3 is 14.2 Å². The Labute approximate surface area is 158 Å². The fourth-order valence-corrected chi connectivity index (χ4v) is 6.34. The van der Waals surface area contributed by atoms with Crippen LogP contribution in [0.25, 0.3) is 0 Å². The molecule has 7 nitrogen and oxygen atoms in total. The van der Waals surface area contributed by atoms with E-state index in [2.05, 4.69) is 10.2 Å². The van der Waals surface area contributed by atoms with Crippen LogP contribution in [0.4, 0.5) is 0 Å². The number of nitrogens with zero attached hydrogens (tertiary/aromatic N) is 1. The van der Waals surface area contributed by atoms with Crippen molar-refractivity contribution in [2.24, 2.45) is 5.92 Å². The summed E-state index contributed by atoms with van der Waals surface area (Å²) >= 11 is 0. The van der Waals surface area contributed by atoms with Crippen LogP contribution in [0.3, 0.4) is 0 Å². The van der Waals surface area contributed by atoms with Crippen molar-refractivity contribution in [3.63, 3.8) is 0 Å². The van der Waals surface area contributed by atoms with Crippen LogP contribution in [0, 0.1) is 19.8 Å². The van der Waals surface area contributed by atoms with Crippen molar-refractivity contribution in [1.82, 2.24) is 10.2 Å². The molecule has 0 aliphatic carbocycles. The number of aryl methyl sites for hydroxylation is 2. The molecule has 146 valence electrons. The molecule has 2 aliphatic heterocycles. The monoisotopic (exact) mass is 392 g/mol. The molecule has 1 N–H and O–H groups in total. The van der Waals surface area contributed by atoms with Crippen molar-refractivity contribution in [2.45, 2.75) is 38.1 Å². The first-order chi connectivity index (χ1) is 12.8. The van der Waals surface area contributed by atoms with Crippen LogP contribution in [0.15, 0.2) is 33.5 Å². The second kappa shape index (κ2) is 6.83. The highest BCUT2D eigenvalue weighted by Crippen LogP contribution is 2.34. The maximum Gasteiger partial charge on any atom is 0.254 e. The first-order valence-corrected chi connectivity index (χ1v) is 10.9. The lowest BCUT2D eigenvalue weighted by Gasteiger charge is -2.33. The summed E-state index contributed by atoms with van der Waals surface area (Å²) in [5, 5.41) is 2.57. The number of hydrogen-bond donors (Lipinski definition) is 1. The van der Waals surface area contributed by atoms with Gasteiger partial charge in [0.15, 0.2) is 9.84 Å². The number of hydrogen-bond acceptors (Lipinski definition) is 6. The van der Waals surface area contributed by atoms with Gasteiger partial charge in [0.2, 0.25) is 0 Å². The Kier molecular flexibility index (Phi) is 4.63. The summed E-state index contributed by atoms with van der Waals surface area (Å²) in [4.78, 5) is 14.5. The zero-order chi connectivity index (χ0) is 19.2. The molecule has 4 heterocycles. The van der Waals surface area contributed by atoms with Crippen molar-refractivity contribution in [1.29, 1.82) is 0 Å². The Balaban J connectivity index is 1.49. The first-order valence-electron chi connectivity index (χ1n) is 9.16. The van der Waals surface area contributed by atoms with Gasteiger partial charge in [-0.3, -0.25) is 9.69 Å². The van der Waals surface area contributed by atoms with Gasteiger partial charge in [-0.1, -0.05) is 0 Å². The van der Waals surface area contributed by atoms with Gasteiger partial charge in [0.05, 0.1) is 29.4 Å². The zero-order valence-corrected chi connectivity index (χ0v) is 16.3. The Bertz CT molecular complexity index is 912. The molecule has 0 bridgehead atoms. The van der Waals surface area contributed by atoms with E-state index in [-0.39, 0.29) is 23.6 Å². The van der Waals surface area contributed by atoms with Crippen molar-refractivity contribution < 1.29 is 22.0 Å². The number of fused-ring (bicyclic) bond motifs is 1. The average molecular weight is 392 g/mol. The van der Waals surface area contributed by atoms with Crippen LogP contribution in [-0.4, -0.2) is 49.4 Å². The number of likely N-dealkylation sites (tertiary alicyclic amines) is 1. The quantitative estimate of drug-likeness (QED) is 0.854. The Hall–Kier alpha value is -2.06. The Morgan fingerprint density at radius 3 is 2.81 bits per heavy atom. The number of carbonyl (C=O) groups is 1. The summed E-state index contributed by atoms with van der Waals surface area (Å²) in [5.41, 5.74) is 1.55. The Morgan fingerprint density at radius 2 is 2.15 bits per heavy atom. The van der Waals surface area contributed by atoms with Crippen LogP contribution in [0.1, 0.15) is 33.9 Å². The molecular weight excluding hydrogens is 368 g/mol. The van der Waals surface area contributed by atoms with Gasteiger partial charge in [-0.2, -0.15) is 0 Å². The standard InChI is InChI=1S/C19H24N2O5S/c1-12-7-15(26-13(12)2)8-21-9-16-17(4-6-27(23,24)18(16)10-21)20-19(22)14-3-5-25-11-14/h3,5,7,11,16-18H,4,6,8-10H2,1-2H3,(H,20,22)/t16-,17+,18+/m1/s1. The molecule has 0 spiro atoms. The van der Waals surface area contributed by atoms with Gasteiger partial charge in [-0.05, 0) is 38.0 Å². The Morgan fingerprint density at radius 1 is 1.33 bits per heavy atom. The number of furan rings is 2. The molecule has 27 heavy (non-hydrogen) atoms. The maximum atomic E-state index is 12.6. The van der Waals surface area contributed by atoms with E-state index >= 15 is 0 Å². The minimum absolute atomic E-state index is 0.108. The smallest absolute Gasteiger partial charge is 0.254 e. The average Bonchev–Trinajstić information content (AvgIpc) is 3.32. The van der Waals surface area contributed by atoms with E-state index in [1.54, 1.807) is 6.07 Å². The highest BCUT2D eigenvalue weighted by molar-refractivity contribution is 7.92. The number of rotatable bonds is 4. The minimum atomic E-state index is -3.15. The van der Waals surface area contributed by atoms with Crippen LogP contribution >= 0.6 is 0 Å². The van der Waals surface area contributed by atoms with Crippen molar-refractivity contribution in [3.05, 3.63) is 47.3 Å². The number of nitrogens with one attached hydrogen (secondary N) is 1. The number of sulfone groups is 1. The van der Waals surface area contributed by atoms with E-state index in [1.165, 1.54) is 12.5 Å². The molecule has 2 saturated heterocycles. The summed E-state index contributed by atoms with van der Waals surface area (Å²) in [6, 6.07) is 3.45. The molecule has 8 heteroatoms. The zero-order valence-electron chi connectivity index (χ0n) is 15.5. The molecule has 2 aromatic heterocycles. The molecule has 1 amide bonds. The van der Waals surface area contributed by atoms with Crippen molar-refractivity contribution >= 4 is 15.7 Å². The summed E-state index contributed by atoms with van der Waals surface area (Å²) in [6.45, 7) is 5.61. The lowest BCUT2D eigenvalue weighted by Crippen LogP contribution is -2.51. The van der Waals surface area contributed by atoms with E-state index in [9.17, 15) is 13.2 Å². The van der Waals surface area contributed by atoms with Gasteiger partial charge in [-0.15, -0.1) is 0 Å². The fraction of sp³-hybridized carbons (Fsp3) is 0.526. The van der Waals surface area contributed by atoms with Crippen molar-refractivity contribution in [2.75, 3.05) is 18.8 Å². The molecule has 2 fully saturated rings. The number of carbonyl (C=O) groups excluding carboxylic acids is 1. The van der Waals surface area contributed by atoms with E-state index in [1.807, 2.05) is 19.9 Å². The highest BCUT2D eigenvalue weighted by atomic mass is 32.2. The van der Waals surface area contributed by atoms with Crippen LogP contribution in [0.5, 0.6) is 0 Å². The van der Waals surface area contributed by atoms with Gasteiger partial charge in [0, 0.05) is 25.0 Å². The van der Waals surface area contributed by atoms with Crippen LogP contribution < -0.4 is 5.32 Å². The molecule has 0 unspecified atom stereocenters. The molecule has 0 aromatic carbocycles. The molecule has 2 aliphatic rings. The normalized spacial score (nSPS) is 27.4. The predicted octanol–water partition coefficient (Wildman–Crippen LogP) is 1.91. The third-order valence-corrected chi connectivity index (χ3v) is 8.00. The SMILES string of the molecule is Cc1cc(CN2C[C@@H]3[C@@H](NC(=O)c4ccoc4)CCS(=O)(=O)[C@H]3C2)oc1C. The third kappa shape index (κ3) is 3.55. The van der Waals surface area contributed by atoms with Crippen molar-refractivity contribution in [3.8, 4) is 0 Å². The van der Waals surface area contributed by atoms with E-state index in [4.69, 9.17) is 8.83 Å². The van der Waals surface area contributed by atoms with Crippen LogP contribution in [-0.2, 0) is 16.4 Å². The molecule has 3 atom stereocenters. The van der Waals surface area contributed by atoms with Gasteiger partial charge in [0.1, 0.15) is 17.8 Å². The first kappa shape index (κ1) is 18.3. The summed E-state index contributed by atoms with van der Waals surface area (Å²) in [5.74, 6) is 1.51. The third-order valence-electron chi connectivity index (χ3n) is 5.77. The molecule has 0 saturated carbocycles. The fourth-order valence-electron chi connectivity index (χ4n) is 4.20. The second-order valence-electron chi connectivity index (χ2n) is 7.60. The summed E-state index contributed by atoms with van der Waals surface area (Å²) in [6.07, 6.45) is 3.29. The molecular formula is C19H24N2O5S. The lowest BCUT2D eigenvalue weighted by atomic mass is 9.95. The molecule has 2 aromatic rings. The van der Waals surface area contributed by atoms with Crippen LogP contribution in [0.2, 0.25) is 0 Å². The van der Waals surface area contributed by atoms with Gasteiger partial charge >= 0.3 is 0 Å². The predicted molar refractivity (Wildman–Crippen MR) is 99.1 cm³/mol.